The predicted molar refractivity (Wildman–Crippen MR) is 125 cm³/mol. The average molecular weight is 480 g/mol. The van der Waals surface area contributed by atoms with Crippen LogP contribution < -0.4 is 10.1 Å². The van der Waals surface area contributed by atoms with Crippen LogP contribution in [0.25, 0.3) is 10.9 Å². The molecule has 172 valence electrons. The number of ether oxygens (including phenoxy) is 1. The minimum Gasteiger partial charge on any atom is -0.481 e. The number of nitro groups is 1. The van der Waals surface area contributed by atoms with E-state index in [1.54, 1.807) is 29.7 Å². The Hall–Kier alpha value is -4.31. The summed E-state index contributed by atoms with van der Waals surface area (Å²) in [7, 11) is 1.43. The summed E-state index contributed by atoms with van der Waals surface area (Å²) in [5, 5.41) is 14.7. The number of hydrogen-bond acceptors (Lipinski definition) is 7. The molecule has 0 aliphatic rings. The van der Waals surface area contributed by atoms with Crippen LogP contribution in [0.4, 0.5) is 11.4 Å². The number of carbonyl (C=O) groups is 2. The molecule has 4 rings (SSSR count). The van der Waals surface area contributed by atoms with E-state index in [2.05, 4.69) is 15.3 Å². The van der Waals surface area contributed by atoms with E-state index in [9.17, 15) is 19.7 Å². The van der Waals surface area contributed by atoms with Crippen LogP contribution in [0.3, 0.4) is 0 Å². The van der Waals surface area contributed by atoms with E-state index in [1.807, 2.05) is 0 Å². The van der Waals surface area contributed by atoms with Gasteiger partial charge in [-0.1, -0.05) is 11.6 Å². The molecular formula is C23H18ClN5O5. The van der Waals surface area contributed by atoms with Crippen molar-refractivity contribution in [3.63, 3.8) is 0 Å². The number of aromatic nitrogens is 3. The van der Waals surface area contributed by atoms with Crippen LogP contribution in [0.2, 0.25) is 5.02 Å². The average Bonchev–Trinajstić information content (AvgIpc) is 3.10. The molecule has 1 N–H and O–H groups in total. The number of Topliss-reactive ketones (excluding diaryl/α,β-unsaturated/α-hetero) is 1. The van der Waals surface area contributed by atoms with Gasteiger partial charge in [-0.15, -0.1) is 0 Å². The van der Waals surface area contributed by atoms with Gasteiger partial charge in [0.05, 0.1) is 34.9 Å². The van der Waals surface area contributed by atoms with Gasteiger partial charge in [-0.25, -0.2) is 4.98 Å². The monoisotopic (exact) mass is 479 g/mol. The maximum absolute atomic E-state index is 13.3. The fourth-order valence-electron chi connectivity index (χ4n) is 3.64. The number of halogens is 1. The highest BCUT2D eigenvalue weighted by Gasteiger charge is 2.27. The second kappa shape index (κ2) is 9.28. The van der Waals surface area contributed by atoms with Crippen LogP contribution in [0.1, 0.15) is 21.7 Å². The fraction of sp³-hybridized carbons (Fsp3) is 0.130. The van der Waals surface area contributed by atoms with Crippen molar-refractivity contribution < 1.29 is 19.2 Å². The SMILES string of the molecule is COc1cc(NC(=O)C(=O)c2c(C)n(Cc3ccc(Cl)cn3)c3ccc([N+](=O)[O-])cc23)ccn1. The minimum absolute atomic E-state index is 0.0752. The third kappa shape index (κ3) is 4.44. The van der Waals surface area contributed by atoms with Crippen LogP contribution in [0.5, 0.6) is 5.88 Å². The molecule has 0 bridgehead atoms. The van der Waals surface area contributed by atoms with Crippen LogP contribution in [-0.4, -0.2) is 38.3 Å². The summed E-state index contributed by atoms with van der Waals surface area (Å²) in [5.41, 5.74) is 1.90. The van der Waals surface area contributed by atoms with Gasteiger partial charge < -0.3 is 14.6 Å². The van der Waals surface area contributed by atoms with E-state index in [1.165, 1.54) is 43.8 Å². The zero-order chi connectivity index (χ0) is 24.4. The topological polar surface area (TPSA) is 129 Å². The van der Waals surface area contributed by atoms with Gasteiger partial charge >= 0.3 is 0 Å². The lowest BCUT2D eigenvalue weighted by molar-refractivity contribution is -0.384. The molecule has 1 aromatic carbocycles. The highest BCUT2D eigenvalue weighted by Crippen LogP contribution is 2.31. The molecule has 0 radical (unpaired) electrons. The molecule has 10 nitrogen and oxygen atoms in total. The summed E-state index contributed by atoms with van der Waals surface area (Å²) >= 11 is 5.92. The van der Waals surface area contributed by atoms with Crippen molar-refractivity contribution >= 4 is 45.6 Å². The van der Waals surface area contributed by atoms with Gasteiger partial charge in [0.15, 0.2) is 0 Å². The highest BCUT2D eigenvalue weighted by molar-refractivity contribution is 6.48. The van der Waals surface area contributed by atoms with E-state index in [0.29, 0.717) is 33.0 Å². The molecule has 0 atom stereocenters. The third-order valence-corrected chi connectivity index (χ3v) is 5.49. The van der Waals surface area contributed by atoms with Gasteiger partial charge in [0.25, 0.3) is 17.4 Å². The molecule has 3 heterocycles. The fourth-order valence-corrected chi connectivity index (χ4v) is 3.75. The van der Waals surface area contributed by atoms with Gasteiger partial charge in [-0.3, -0.25) is 24.7 Å². The first-order valence-electron chi connectivity index (χ1n) is 10.0. The molecule has 1 amide bonds. The molecule has 0 aliphatic carbocycles. The maximum atomic E-state index is 13.3. The Bertz CT molecular complexity index is 1430. The maximum Gasteiger partial charge on any atom is 0.296 e. The van der Waals surface area contributed by atoms with Crippen molar-refractivity contribution in [1.29, 1.82) is 0 Å². The number of rotatable bonds is 7. The second-order valence-electron chi connectivity index (χ2n) is 7.34. The van der Waals surface area contributed by atoms with Crippen molar-refractivity contribution in [1.82, 2.24) is 14.5 Å². The van der Waals surface area contributed by atoms with Crippen molar-refractivity contribution in [3.8, 4) is 5.88 Å². The highest BCUT2D eigenvalue weighted by atomic mass is 35.5. The number of nitrogens with one attached hydrogen (secondary N) is 1. The Morgan fingerprint density at radius 2 is 1.97 bits per heavy atom. The Balaban J connectivity index is 1.78. The zero-order valence-electron chi connectivity index (χ0n) is 18.1. The van der Waals surface area contributed by atoms with Crippen molar-refractivity contribution in [2.75, 3.05) is 12.4 Å². The normalized spacial score (nSPS) is 10.8. The van der Waals surface area contributed by atoms with E-state index >= 15 is 0 Å². The number of carbonyl (C=O) groups excluding carboxylic acids is 2. The summed E-state index contributed by atoms with van der Waals surface area (Å²) in [6.07, 6.45) is 2.93. The number of ketones is 1. The summed E-state index contributed by atoms with van der Waals surface area (Å²) in [5.74, 6) is -1.46. The smallest absolute Gasteiger partial charge is 0.296 e. The van der Waals surface area contributed by atoms with Gasteiger partial charge in [0.1, 0.15) is 0 Å². The molecule has 11 heteroatoms. The first kappa shape index (κ1) is 22.9. The molecule has 3 aromatic heterocycles. The zero-order valence-corrected chi connectivity index (χ0v) is 18.9. The summed E-state index contributed by atoms with van der Waals surface area (Å²) < 4.78 is 6.82. The standard InChI is InChI=1S/C23H18ClN5O5/c1-13-21(22(30)23(31)27-15-7-8-25-20(9-15)34-2)18-10-17(29(32)33)5-6-19(18)28(13)12-16-4-3-14(24)11-26-16/h3-11H,12H2,1-2H3,(H,25,27,31). The molecule has 0 fully saturated rings. The Labute approximate surface area is 198 Å². The van der Waals surface area contributed by atoms with Gasteiger partial charge in [-0.05, 0) is 31.2 Å². The number of pyridine rings is 2. The molecular weight excluding hydrogens is 462 g/mol. The van der Waals surface area contributed by atoms with Crippen LogP contribution in [0, 0.1) is 17.0 Å². The van der Waals surface area contributed by atoms with Gasteiger partial charge in [-0.2, -0.15) is 0 Å². The lowest BCUT2D eigenvalue weighted by Gasteiger charge is -2.09. The Morgan fingerprint density at radius 3 is 2.65 bits per heavy atom. The van der Waals surface area contributed by atoms with Crippen LogP contribution in [0.15, 0.2) is 54.9 Å². The first-order chi connectivity index (χ1) is 16.3. The Morgan fingerprint density at radius 1 is 1.18 bits per heavy atom. The number of methoxy groups -OCH3 is 1. The number of amides is 1. The molecule has 4 aromatic rings. The van der Waals surface area contributed by atoms with Gasteiger partial charge in [0, 0.05) is 52.9 Å². The second-order valence-corrected chi connectivity index (χ2v) is 7.78. The summed E-state index contributed by atoms with van der Waals surface area (Å²) in [6.45, 7) is 1.95. The van der Waals surface area contributed by atoms with E-state index < -0.39 is 16.6 Å². The summed E-state index contributed by atoms with van der Waals surface area (Å²) in [6, 6.07) is 10.6. The Kier molecular flexibility index (Phi) is 6.24. The number of fused-ring (bicyclic) bond motifs is 1. The van der Waals surface area contributed by atoms with E-state index in [-0.39, 0.29) is 23.7 Å². The van der Waals surface area contributed by atoms with Crippen LogP contribution >= 0.6 is 11.6 Å². The van der Waals surface area contributed by atoms with Crippen molar-refractivity contribution in [2.24, 2.45) is 0 Å². The van der Waals surface area contributed by atoms with Crippen molar-refractivity contribution in [2.45, 2.75) is 13.5 Å². The number of anilines is 1. The van der Waals surface area contributed by atoms with Crippen LogP contribution in [-0.2, 0) is 11.3 Å². The van der Waals surface area contributed by atoms with E-state index in [4.69, 9.17) is 16.3 Å². The molecule has 34 heavy (non-hydrogen) atoms. The number of benzene rings is 1. The minimum atomic E-state index is -0.897. The largest absolute Gasteiger partial charge is 0.481 e. The lowest BCUT2D eigenvalue weighted by atomic mass is 10.1. The molecule has 0 saturated carbocycles. The van der Waals surface area contributed by atoms with E-state index in [0.717, 1.165) is 0 Å². The van der Waals surface area contributed by atoms with Gasteiger partial charge in [0.2, 0.25) is 5.88 Å². The first-order valence-corrected chi connectivity index (χ1v) is 10.4. The number of nitrogens with zero attached hydrogens (tertiary/aromatic N) is 4. The summed E-state index contributed by atoms with van der Waals surface area (Å²) in [4.78, 5) is 45.2. The molecule has 0 spiro atoms. The molecule has 0 unspecified atom stereocenters. The quantitative estimate of drug-likeness (QED) is 0.182. The third-order valence-electron chi connectivity index (χ3n) is 5.26. The molecule has 0 saturated heterocycles. The van der Waals surface area contributed by atoms with Crippen molar-refractivity contribution in [3.05, 3.63) is 86.9 Å². The number of nitro benzene ring substituents is 1. The molecule has 0 aliphatic heterocycles. The predicted octanol–water partition coefficient (Wildman–Crippen LogP) is 4.18. The lowest BCUT2D eigenvalue weighted by Crippen LogP contribution is -2.23. The number of hydrogen-bond donors (Lipinski definition) is 1. The number of non-ortho nitro benzene ring substituents is 1.